The van der Waals surface area contributed by atoms with Gasteiger partial charge in [0.25, 0.3) is 5.91 Å². The molecule has 6 nitrogen and oxygen atoms in total. The minimum absolute atomic E-state index is 0.146. The van der Waals surface area contributed by atoms with Crippen LogP contribution in [0.25, 0.3) is 0 Å². The van der Waals surface area contributed by atoms with Gasteiger partial charge in [0.2, 0.25) is 0 Å². The fraction of sp³-hybridized carbons (Fsp3) is 0.519. The van der Waals surface area contributed by atoms with Crippen molar-refractivity contribution in [1.82, 2.24) is 9.80 Å². The van der Waals surface area contributed by atoms with E-state index in [2.05, 4.69) is 17.9 Å². The maximum atomic E-state index is 13.0. The molecule has 0 aliphatic carbocycles. The van der Waals surface area contributed by atoms with Crippen molar-refractivity contribution in [3.63, 3.8) is 0 Å². The molecular weight excluding hydrogens is 471 g/mol. The molecule has 0 radical (unpaired) electrons. The van der Waals surface area contributed by atoms with Crippen molar-refractivity contribution in [2.45, 2.75) is 57.5 Å². The van der Waals surface area contributed by atoms with Crippen molar-refractivity contribution < 1.29 is 27.8 Å². The van der Waals surface area contributed by atoms with Crippen LogP contribution < -0.4 is 10.5 Å². The lowest BCUT2D eigenvalue weighted by atomic mass is 9.86. The smallest absolute Gasteiger partial charge is 0.416 e. The average Bonchev–Trinajstić information content (AvgIpc) is 2.88. The number of aliphatic hydroxyl groups excluding tert-OH is 1. The van der Waals surface area contributed by atoms with E-state index in [0.717, 1.165) is 48.3 Å². The topological polar surface area (TPSA) is 79.0 Å². The van der Waals surface area contributed by atoms with E-state index in [4.69, 9.17) is 10.5 Å². The Balaban J connectivity index is 1.45. The average molecular weight is 506 g/mol. The summed E-state index contributed by atoms with van der Waals surface area (Å²) in [5, 5.41) is 9.72. The molecule has 36 heavy (non-hydrogen) atoms. The van der Waals surface area contributed by atoms with E-state index in [1.54, 1.807) is 4.90 Å². The Labute approximate surface area is 209 Å². The van der Waals surface area contributed by atoms with Crippen molar-refractivity contribution in [3.05, 3.63) is 64.2 Å². The Morgan fingerprint density at radius 3 is 2.50 bits per heavy atom. The van der Waals surface area contributed by atoms with E-state index in [1.165, 1.54) is 17.7 Å². The summed E-state index contributed by atoms with van der Waals surface area (Å²) in [5.74, 6) is 0.516. The minimum atomic E-state index is -4.42. The lowest BCUT2D eigenvalue weighted by Gasteiger charge is -2.49. The number of halogens is 3. The monoisotopic (exact) mass is 505 g/mol. The summed E-state index contributed by atoms with van der Waals surface area (Å²) >= 11 is 0. The van der Waals surface area contributed by atoms with Crippen LogP contribution in [0.1, 0.15) is 57.9 Å². The van der Waals surface area contributed by atoms with E-state index in [0.29, 0.717) is 19.6 Å². The molecule has 2 aliphatic heterocycles. The molecule has 2 aliphatic rings. The lowest BCUT2D eigenvalue weighted by molar-refractivity contribution is -0.137. The highest BCUT2D eigenvalue weighted by molar-refractivity contribution is 5.94. The number of carbonyl (C=O) groups is 1. The van der Waals surface area contributed by atoms with Gasteiger partial charge in [-0.1, -0.05) is 6.07 Å². The number of piperidine rings is 1. The highest BCUT2D eigenvalue weighted by Crippen LogP contribution is 2.39. The van der Waals surface area contributed by atoms with Crippen LogP contribution in [0.4, 0.5) is 13.2 Å². The third kappa shape index (κ3) is 5.53. The summed E-state index contributed by atoms with van der Waals surface area (Å²) in [7, 11) is 0. The van der Waals surface area contributed by atoms with E-state index < -0.39 is 17.8 Å². The standard InChI is InChI=1S/C27H34F3N3O3/c1-17-18(2)25(36-16-22(34)14-31)11-10-23(17)24-5-3-4-21-15-32(12-13-33(21)24)26(35)19-6-8-20(9-7-19)27(28,29)30/h6-11,21-22,24,34H,3-5,12-16,31H2,1-2H3/t21-,22+,24+/m0/s1. The van der Waals surface area contributed by atoms with E-state index in [-0.39, 0.29) is 36.7 Å². The number of nitrogens with zero attached hydrogens (tertiary/aromatic N) is 2. The second-order valence-electron chi connectivity index (χ2n) is 9.77. The molecule has 3 atom stereocenters. The van der Waals surface area contributed by atoms with Crippen LogP contribution in [0.2, 0.25) is 0 Å². The highest BCUT2D eigenvalue weighted by Gasteiger charge is 2.38. The molecule has 196 valence electrons. The van der Waals surface area contributed by atoms with Gasteiger partial charge in [0.15, 0.2) is 0 Å². The van der Waals surface area contributed by atoms with Gasteiger partial charge in [-0.3, -0.25) is 9.69 Å². The summed E-state index contributed by atoms with van der Waals surface area (Å²) in [6.45, 7) is 6.20. The molecule has 2 aromatic carbocycles. The zero-order valence-corrected chi connectivity index (χ0v) is 20.7. The number of piperazine rings is 1. The highest BCUT2D eigenvalue weighted by atomic mass is 19.4. The van der Waals surface area contributed by atoms with Crippen molar-refractivity contribution in [1.29, 1.82) is 0 Å². The summed E-state index contributed by atoms with van der Waals surface area (Å²) in [6.07, 6.45) is -2.09. The van der Waals surface area contributed by atoms with Gasteiger partial charge in [0.1, 0.15) is 18.5 Å². The van der Waals surface area contributed by atoms with Crippen LogP contribution >= 0.6 is 0 Å². The Morgan fingerprint density at radius 2 is 1.83 bits per heavy atom. The van der Waals surface area contributed by atoms with Crippen molar-refractivity contribution in [2.24, 2.45) is 5.73 Å². The van der Waals surface area contributed by atoms with Crippen molar-refractivity contribution >= 4 is 5.91 Å². The number of hydrogen-bond acceptors (Lipinski definition) is 5. The number of amides is 1. The molecule has 1 amide bonds. The molecule has 0 aromatic heterocycles. The minimum Gasteiger partial charge on any atom is -0.491 e. The van der Waals surface area contributed by atoms with Gasteiger partial charge in [0.05, 0.1) is 5.56 Å². The molecule has 2 heterocycles. The number of nitrogens with two attached hydrogens (primary N) is 1. The van der Waals surface area contributed by atoms with Gasteiger partial charge in [-0.05, 0) is 80.1 Å². The van der Waals surface area contributed by atoms with Gasteiger partial charge in [0, 0.05) is 43.8 Å². The molecule has 0 bridgehead atoms. The summed E-state index contributed by atoms with van der Waals surface area (Å²) in [5.41, 5.74) is 8.44. The van der Waals surface area contributed by atoms with Gasteiger partial charge < -0.3 is 20.5 Å². The second kappa shape index (κ2) is 10.8. The number of aliphatic hydroxyl groups is 1. The third-order valence-electron chi connectivity index (χ3n) is 7.53. The van der Waals surface area contributed by atoms with Crippen LogP contribution in [0, 0.1) is 13.8 Å². The van der Waals surface area contributed by atoms with Gasteiger partial charge in [-0.25, -0.2) is 0 Å². The van der Waals surface area contributed by atoms with Gasteiger partial charge in [-0.15, -0.1) is 0 Å². The fourth-order valence-corrected chi connectivity index (χ4v) is 5.34. The van der Waals surface area contributed by atoms with E-state index in [9.17, 15) is 23.1 Å². The molecule has 2 fully saturated rings. The Hall–Kier alpha value is -2.62. The van der Waals surface area contributed by atoms with E-state index >= 15 is 0 Å². The van der Waals surface area contributed by atoms with E-state index in [1.807, 2.05) is 13.0 Å². The van der Waals surface area contributed by atoms with Crippen molar-refractivity contribution in [3.8, 4) is 5.75 Å². The van der Waals surface area contributed by atoms with Gasteiger partial charge >= 0.3 is 6.18 Å². The molecule has 2 aromatic rings. The van der Waals surface area contributed by atoms with Crippen molar-refractivity contribution in [2.75, 3.05) is 32.8 Å². The molecule has 3 N–H and O–H groups in total. The van der Waals surface area contributed by atoms with Crippen LogP contribution in [0.5, 0.6) is 5.75 Å². The Morgan fingerprint density at radius 1 is 1.11 bits per heavy atom. The summed E-state index contributed by atoms with van der Waals surface area (Å²) in [6, 6.07) is 8.95. The first-order valence-electron chi connectivity index (χ1n) is 12.4. The molecular formula is C27H34F3N3O3. The number of carbonyl (C=O) groups excluding carboxylic acids is 1. The number of fused-ring (bicyclic) bond motifs is 1. The predicted molar refractivity (Wildman–Crippen MR) is 131 cm³/mol. The largest absolute Gasteiger partial charge is 0.491 e. The van der Waals surface area contributed by atoms with Gasteiger partial charge in [-0.2, -0.15) is 13.2 Å². The first-order chi connectivity index (χ1) is 17.1. The zero-order valence-electron chi connectivity index (χ0n) is 20.7. The van der Waals surface area contributed by atoms with Crippen LogP contribution in [0.3, 0.4) is 0 Å². The zero-order chi connectivity index (χ0) is 26.0. The summed E-state index contributed by atoms with van der Waals surface area (Å²) in [4.78, 5) is 17.3. The SMILES string of the molecule is Cc1c(OC[C@H](O)CN)ccc([C@H]2CCC[C@H]3CN(C(=O)c4ccc(C(F)(F)F)cc4)CCN32)c1C. The Kier molecular flexibility index (Phi) is 7.92. The molecule has 0 unspecified atom stereocenters. The quantitative estimate of drug-likeness (QED) is 0.619. The second-order valence-corrected chi connectivity index (χ2v) is 9.77. The lowest BCUT2D eigenvalue weighted by Crippen LogP contribution is -2.57. The normalized spacial score (nSPS) is 21.7. The number of ether oxygens (including phenoxy) is 1. The van der Waals surface area contributed by atoms with Crippen LogP contribution in [-0.4, -0.2) is 65.7 Å². The molecule has 0 saturated carbocycles. The van der Waals surface area contributed by atoms with Crippen LogP contribution in [-0.2, 0) is 6.18 Å². The predicted octanol–water partition coefficient (Wildman–Crippen LogP) is 4.07. The number of alkyl halides is 3. The number of benzene rings is 2. The molecule has 4 rings (SSSR count). The molecule has 2 saturated heterocycles. The first kappa shape index (κ1) is 26.4. The molecule has 9 heteroatoms. The fourth-order valence-electron chi connectivity index (χ4n) is 5.34. The first-order valence-corrected chi connectivity index (χ1v) is 12.4. The third-order valence-corrected chi connectivity index (χ3v) is 7.53. The Bertz CT molecular complexity index is 1070. The summed E-state index contributed by atoms with van der Waals surface area (Å²) < 4.78 is 44.4. The number of hydrogen-bond donors (Lipinski definition) is 2. The molecule has 0 spiro atoms. The number of rotatable bonds is 6. The van der Waals surface area contributed by atoms with Crippen LogP contribution in [0.15, 0.2) is 36.4 Å². The maximum Gasteiger partial charge on any atom is 0.416 e. The maximum absolute atomic E-state index is 13.0.